The van der Waals surface area contributed by atoms with Crippen molar-refractivity contribution in [2.75, 3.05) is 20.1 Å². The number of hydrogen-bond acceptors (Lipinski definition) is 3. The first-order chi connectivity index (χ1) is 7.75. The predicted octanol–water partition coefficient (Wildman–Crippen LogP) is 1.40. The number of likely N-dealkylation sites (N-methyl/N-ethyl adjacent to an activating group) is 1. The van der Waals surface area contributed by atoms with Crippen LogP contribution in [0.5, 0.6) is 0 Å². The van der Waals surface area contributed by atoms with E-state index in [1.807, 2.05) is 7.05 Å². The number of rotatable bonds is 6. The molecule has 1 aromatic rings. The number of hydrogen-bond donors (Lipinski definition) is 1. The third kappa shape index (κ3) is 3.54. The van der Waals surface area contributed by atoms with E-state index in [0.29, 0.717) is 12.1 Å². The summed E-state index contributed by atoms with van der Waals surface area (Å²) in [5.74, 6) is -0.218. The van der Waals surface area contributed by atoms with Crippen LogP contribution >= 0.6 is 0 Å². The highest BCUT2D eigenvalue weighted by Crippen LogP contribution is 2.18. The van der Waals surface area contributed by atoms with Gasteiger partial charge in [0.25, 0.3) is 0 Å². The van der Waals surface area contributed by atoms with E-state index in [-0.39, 0.29) is 5.82 Å². The van der Waals surface area contributed by atoms with Gasteiger partial charge in [-0.2, -0.15) is 0 Å². The van der Waals surface area contributed by atoms with Gasteiger partial charge in [-0.3, -0.25) is 4.98 Å². The standard InChI is InChI=1S/C12H18FN3/c1-16(7-6-15-11-2-3-11)9-10-4-5-14-8-12(10)13/h4-5,8,11,15H,2-3,6-7,9H2,1H3. The van der Waals surface area contributed by atoms with E-state index in [1.165, 1.54) is 19.0 Å². The predicted molar refractivity (Wildman–Crippen MR) is 61.6 cm³/mol. The summed E-state index contributed by atoms with van der Waals surface area (Å²) >= 11 is 0. The zero-order valence-corrected chi connectivity index (χ0v) is 9.62. The zero-order chi connectivity index (χ0) is 11.4. The molecular formula is C12H18FN3. The molecule has 0 amide bonds. The molecule has 16 heavy (non-hydrogen) atoms. The Morgan fingerprint density at radius 1 is 1.56 bits per heavy atom. The van der Waals surface area contributed by atoms with Crippen molar-refractivity contribution in [2.24, 2.45) is 0 Å². The fraction of sp³-hybridized carbons (Fsp3) is 0.583. The van der Waals surface area contributed by atoms with Crippen LogP contribution in [0.15, 0.2) is 18.5 Å². The molecule has 1 aliphatic rings. The van der Waals surface area contributed by atoms with Gasteiger partial charge in [0.05, 0.1) is 6.20 Å². The molecule has 0 radical (unpaired) electrons. The molecule has 4 heteroatoms. The Balaban J connectivity index is 1.73. The molecule has 0 aliphatic heterocycles. The molecular weight excluding hydrogens is 205 g/mol. The Labute approximate surface area is 95.7 Å². The average molecular weight is 223 g/mol. The molecule has 3 nitrogen and oxygen atoms in total. The lowest BCUT2D eigenvalue weighted by Gasteiger charge is -2.17. The van der Waals surface area contributed by atoms with Crippen LogP contribution in [-0.2, 0) is 6.54 Å². The van der Waals surface area contributed by atoms with E-state index >= 15 is 0 Å². The van der Waals surface area contributed by atoms with Crippen LogP contribution in [0.25, 0.3) is 0 Å². The largest absolute Gasteiger partial charge is 0.313 e. The highest BCUT2D eigenvalue weighted by Gasteiger charge is 2.19. The molecule has 1 N–H and O–H groups in total. The number of nitrogens with zero attached hydrogens (tertiary/aromatic N) is 2. The third-order valence-electron chi connectivity index (χ3n) is 2.80. The Morgan fingerprint density at radius 3 is 3.06 bits per heavy atom. The van der Waals surface area contributed by atoms with Gasteiger partial charge in [0.15, 0.2) is 0 Å². The maximum Gasteiger partial charge on any atom is 0.145 e. The van der Waals surface area contributed by atoms with Gasteiger partial charge < -0.3 is 10.2 Å². The van der Waals surface area contributed by atoms with Gasteiger partial charge in [-0.25, -0.2) is 4.39 Å². The summed E-state index contributed by atoms with van der Waals surface area (Å²) in [6.07, 6.45) is 5.52. The second kappa shape index (κ2) is 5.37. The summed E-state index contributed by atoms with van der Waals surface area (Å²) in [5.41, 5.74) is 0.712. The molecule has 0 saturated heterocycles. The third-order valence-corrected chi connectivity index (χ3v) is 2.80. The second-order valence-corrected chi connectivity index (χ2v) is 4.43. The van der Waals surface area contributed by atoms with Gasteiger partial charge in [-0.15, -0.1) is 0 Å². The minimum atomic E-state index is -0.218. The van der Waals surface area contributed by atoms with Gasteiger partial charge in [0.1, 0.15) is 5.82 Å². The van der Waals surface area contributed by atoms with Crippen LogP contribution in [0, 0.1) is 5.82 Å². The topological polar surface area (TPSA) is 28.2 Å². The molecule has 0 bridgehead atoms. The van der Waals surface area contributed by atoms with Crippen LogP contribution in [0.3, 0.4) is 0 Å². The van der Waals surface area contributed by atoms with E-state index in [0.717, 1.165) is 19.1 Å². The summed E-state index contributed by atoms with van der Waals surface area (Å²) in [5, 5.41) is 3.44. The first-order valence-corrected chi connectivity index (χ1v) is 5.76. The smallest absolute Gasteiger partial charge is 0.145 e. The van der Waals surface area contributed by atoms with Crippen molar-refractivity contribution in [3.8, 4) is 0 Å². The summed E-state index contributed by atoms with van der Waals surface area (Å²) < 4.78 is 13.3. The van der Waals surface area contributed by atoms with E-state index in [4.69, 9.17) is 0 Å². The Morgan fingerprint density at radius 2 is 2.38 bits per heavy atom. The van der Waals surface area contributed by atoms with Crippen molar-refractivity contribution in [2.45, 2.75) is 25.4 Å². The average Bonchev–Trinajstić information content (AvgIpc) is 3.05. The number of halogens is 1. The fourth-order valence-electron chi connectivity index (χ4n) is 1.65. The maximum absolute atomic E-state index is 13.3. The summed E-state index contributed by atoms with van der Waals surface area (Å²) in [7, 11) is 2.01. The minimum Gasteiger partial charge on any atom is -0.313 e. The van der Waals surface area contributed by atoms with Gasteiger partial charge in [-0.1, -0.05) is 0 Å². The highest BCUT2D eigenvalue weighted by molar-refractivity contribution is 5.12. The molecule has 1 saturated carbocycles. The van der Waals surface area contributed by atoms with E-state index in [9.17, 15) is 4.39 Å². The summed E-state index contributed by atoms with van der Waals surface area (Å²) in [4.78, 5) is 5.86. The van der Waals surface area contributed by atoms with Crippen LogP contribution in [0.2, 0.25) is 0 Å². The number of nitrogens with one attached hydrogen (secondary N) is 1. The maximum atomic E-state index is 13.3. The van der Waals surface area contributed by atoms with Crippen molar-refractivity contribution in [1.29, 1.82) is 0 Å². The van der Waals surface area contributed by atoms with Crippen LogP contribution in [0.4, 0.5) is 4.39 Å². The second-order valence-electron chi connectivity index (χ2n) is 4.43. The monoisotopic (exact) mass is 223 g/mol. The Kier molecular flexibility index (Phi) is 3.85. The van der Waals surface area contributed by atoms with Gasteiger partial charge in [-0.05, 0) is 26.0 Å². The highest BCUT2D eigenvalue weighted by atomic mass is 19.1. The number of aromatic nitrogens is 1. The van der Waals surface area contributed by atoms with Crippen molar-refractivity contribution in [3.05, 3.63) is 29.8 Å². The molecule has 2 rings (SSSR count). The Bertz CT molecular complexity index is 339. The first-order valence-electron chi connectivity index (χ1n) is 5.76. The van der Waals surface area contributed by atoms with Crippen LogP contribution in [0.1, 0.15) is 18.4 Å². The van der Waals surface area contributed by atoms with Crippen molar-refractivity contribution >= 4 is 0 Å². The molecule has 88 valence electrons. The summed E-state index contributed by atoms with van der Waals surface area (Å²) in [6.45, 7) is 2.56. The summed E-state index contributed by atoms with van der Waals surface area (Å²) in [6, 6.07) is 2.48. The van der Waals surface area contributed by atoms with Crippen molar-refractivity contribution in [1.82, 2.24) is 15.2 Å². The van der Waals surface area contributed by atoms with E-state index in [2.05, 4.69) is 15.2 Å². The van der Waals surface area contributed by atoms with E-state index in [1.54, 1.807) is 12.3 Å². The molecule has 0 atom stereocenters. The first kappa shape index (κ1) is 11.5. The Hall–Kier alpha value is -1.00. The molecule has 0 unspecified atom stereocenters. The molecule has 0 aromatic carbocycles. The van der Waals surface area contributed by atoms with Crippen molar-refractivity contribution < 1.29 is 4.39 Å². The van der Waals surface area contributed by atoms with Crippen LogP contribution in [-0.4, -0.2) is 36.1 Å². The molecule has 1 fully saturated rings. The molecule has 1 heterocycles. The van der Waals surface area contributed by atoms with Gasteiger partial charge in [0, 0.05) is 37.4 Å². The fourth-order valence-corrected chi connectivity index (χ4v) is 1.65. The molecule has 1 aromatic heterocycles. The quantitative estimate of drug-likeness (QED) is 0.790. The van der Waals surface area contributed by atoms with Crippen molar-refractivity contribution in [3.63, 3.8) is 0 Å². The van der Waals surface area contributed by atoms with Gasteiger partial charge >= 0.3 is 0 Å². The normalized spacial score (nSPS) is 15.7. The zero-order valence-electron chi connectivity index (χ0n) is 9.62. The molecule has 1 aliphatic carbocycles. The van der Waals surface area contributed by atoms with Gasteiger partial charge in [0.2, 0.25) is 0 Å². The lowest BCUT2D eigenvalue weighted by atomic mass is 10.2. The lowest BCUT2D eigenvalue weighted by molar-refractivity contribution is 0.318. The lowest BCUT2D eigenvalue weighted by Crippen LogP contribution is -2.30. The molecule has 0 spiro atoms. The minimum absolute atomic E-state index is 0.218. The number of pyridine rings is 1. The van der Waals surface area contributed by atoms with E-state index < -0.39 is 0 Å². The van der Waals surface area contributed by atoms with Crippen LogP contribution < -0.4 is 5.32 Å². The SMILES string of the molecule is CN(CCNC1CC1)Cc1ccncc1F.